The van der Waals surface area contributed by atoms with Crippen molar-refractivity contribution >= 4 is 0 Å². The molecule has 35 heavy (non-hydrogen) atoms. The lowest BCUT2D eigenvalue weighted by molar-refractivity contribution is -0.00181. The second-order valence-corrected chi connectivity index (χ2v) is 8.71. The van der Waals surface area contributed by atoms with Crippen LogP contribution >= 0.6 is 0 Å². The second-order valence-electron chi connectivity index (χ2n) is 8.71. The van der Waals surface area contributed by atoms with E-state index in [9.17, 15) is 13.2 Å². The summed E-state index contributed by atoms with van der Waals surface area (Å²) in [6.07, 6.45) is 3.44. The van der Waals surface area contributed by atoms with Crippen molar-refractivity contribution in [3.05, 3.63) is 77.1 Å². The largest absolute Gasteiger partial charge is 0.494 e. The molecule has 2 atom stereocenters. The first-order chi connectivity index (χ1) is 16.8. The predicted octanol–water partition coefficient (Wildman–Crippen LogP) is 8.18. The molecule has 0 N–H and O–H groups in total. The first-order valence-electron chi connectivity index (χ1n) is 11.9. The second kappa shape index (κ2) is 10.8. The molecule has 7 heteroatoms. The van der Waals surface area contributed by atoms with E-state index in [4.69, 9.17) is 9.47 Å². The molecule has 1 aliphatic heterocycles. The molecule has 2 unspecified atom stereocenters. The summed E-state index contributed by atoms with van der Waals surface area (Å²) in [5, 5.41) is 0. The summed E-state index contributed by atoms with van der Waals surface area (Å²) in [6.45, 7) is 4.41. The Labute approximate surface area is 201 Å². The lowest BCUT2D eigenvalue weighted by atomic mass is 9.88. The fraction of sp³-hybridized carbons (Fsp3) is 0.357. The molecule has 3 aromatic rings. The molecule has 0 aromatic heterocycles. The van der Waals surface area contributed by atoms with Gasteiger partial charge in [-0.1, -0.05) is 37.6 Å². The van der Waals surface area contributed by atoms with Gasteiger partial charge in [0.15, 0.2) is 23.3 Å². The summed E-state index contributed by atoms with van der Waals surface area (Å²) >= 11 is 0. The van der Waals surface area contributed by atoms with Gasteiger partial charge in [0, 0.05) is 34.2 Å². The fourth-order valence-electron chi connectivity index (χ4n) is 4.62. The molecular weight excluding hydrogens is 463 g/mol. The van der Waals surface area contributed by atoms with E-state index in [1.54, 1.807) is 6.92 Å². The Bertz CT molecular complexity index is 1200. The van der Waals surface area contributed by atoms with Crippen molar-refractivity contribution in [2.75, 3.05) is 13.2 Å². The number of benzene rings is 3. The summed E-state index contributed by atoms with van der Waals surface area (Å²) in [5.74, 6) is -5.92. The zero-order valence-corrected chi connectivity index (χ0v) is 19.6. The average Bonchev–Trinajstić information content (AvgIpc) is 2.85. The molecule has 3 aromatic carbocycles. The molecule has 0 amide bonds. The Morgan fingerprint density at radius 2 is 1.37 bits per heavy atom. The van der Waals surface area contributed by atoms with E-state index in [2.05, 4.69) is 6.92 Å². The summed E-state index contributed by atoms with van der Waals surface area (Å²) < 4.78 is 85.5. The number of hydrogen-bond donors (Lipinski definition) is 0. The van der Waals surface area contributed by atoms with Gasteiger partial charge < -0.3 is 9.47 Å². The molecule has 186 valence electrons. The van der Waals surface area contributed by atoms with Crippen LogP contribution in [0, 0.1) is 29.1 Å². The van der Waals surface area contributed by atoms with Gasteiger partial charge in [-0.15, -0.1) is 0 Å². The maximum atomic E-state index is 15.0. The van der Waals surface area contributed by atoms with E-state index < -0.39 is 40.2 Å². The smallest absolute Gasteiger partial charge is 0.167 e. The van der Waals surface area contributed by atoms with Crippen molar-refractivity contribution in [2.24, 2.45) is 0 Å². The summed E-state index contributed by atoms with van der Waals surface area (Å²) in [6, 6.07) is 8.74. The summed E-state index contributed by atoms with van der Waals surface area (Å²) in [5.41, 5.74) is -1.18. The lowest BCUT2D eigenvalue weighted by Crippen LogP contribution is -2.25. The van der Waals surface area contributed by atoms with Gasteiger partial charge in [-0.25, -0.2) is 22.0 Å². The third kappa shape index (κ3) is 5.06. The van der Waals surface area contributed by atoms with Crippen molar-refractivity contribution < 1.29 is 31.4 Å². The standard InChI is InChI=1S/C28H27F5O2/c1-3-5-17-7-6-16(15-35-17)19-10-11-22(27(32)25(19)30)23-13-12-21(26(31)28(23)33)20-9-8-18(34-4-2)14-24(20)29/h8-14,16-17H,3-7,15H2,1-2H3. The van der Waals surface area contributed by atoms with Crippen molar-refractivity contribution in [2.45, 2.75) is 51.6 Å². The van der Waals surface area contributed by atoms with Gasteiger partial charge in [0.1, 0.15) is 11.6 Å². The van der Waals surface area contributed by atoms with E-state index in [1.165, 1.54) is 24.3 Å². The van der Waals surface area contributed by atoms with E-state index in [1.807, 2.05) is 0 Å². The third-order valence-corrected chi connectivity index (χ3v) is 6.45. The first kappa shape index (κ1) is 25.2. The third-order valence-electron chi connectivity index (χ3n) is 6.45. The molecule has 1 heterocycles. The Hall–Kier alpha value is -2.93. The Morgan fingerprint density at radius 1 is 0.771 bits per heavy atom. The van der Waals surface area contributed by atoms with E-state index in [0.29, 0.717) is 13.0 Å². The minimum absolute atomic E-state index is 0.124. The van der Waals surface area contributed by atoms with Crippen LogP contribution in [-0.4, -0.2) is 19.3 Å². The topological polar surface area (TPSA) is 18.5 Å². The van der Waals surface area contributed by atoms with Crippen LogP contribution in [0.5, 0.6) is 5.75 Å². The lowest BCUT2D eigenvalue weighted by Gasteiger charge is -2.29. The number of rotatable bonds is 7. The fourth-order valence-corrected chi connectivity index (χ4v) is 4.62. The van der Waals surface area contributed by atoms with Crippen molar-refractivity contribution in [3.63, 3.8) is 0 Å². The number of ether oxygens (including phenoxy) is 2. The number of halogens is 5. The molecule has 0 saturated carbocycles. The van der Waals surface area contributed by atoms with Crippen molar-refractivity contribution in [3.8, 4) is 28.0 Å². The van der Waals surface area contributed by atoms with Crippen LogP contribution < -0.4 is 4.74 Å². The Kier molecular flexibility index (Phi) is 7.75. The van der Waals surface area contributed by atoms with Gasteiger partial charge in [0.05, 0.1) is 19.3 Å². The van der Waals surface area contributed by atoms with Crippen LogP contribution in [0.2, 0.25) is 0 Å². The van der Waals surface area contributed by atoms with Crippen LogP contribution in [0.3, 0.4) is 0 Å². The molecule has 0 radical (unpaired) electrons. The monoisotopic (exact) mass is 490 g/mol. The molecule has 1 fully saturated rings. The van der Waals surface area contributed by atoms with E-state index in [-0.39, 0.29) is 41.1 Å². The highest BCUT2D eigenvalue weighted by molar-refractivity contribution is 5.73. The molecule has 2 nitrogen and oxygen atoms in total. The molecule has 1 saturated heterocycles. The minimum atomic E-state index is -1.38. The predicted molar refractivity (Wildman–Crippen MR) is 125 cm³/mol. The Morgan fingerprint density at radius 3 is 1.94 bits per heavy atom. The van der Waals surface area contributed by atoms with E-state index >= 15 is 8.78 Å². The van der Waals surface area contributed by atoms with Crippen LogP contribution in [0.4, 0.5) is 22.0 Å². The van der Waals surface area contributed by atoms with Gasteiger partial charge in [-0.05, 0) is 43.9 Å². The number of hydrogen-bond acceptors (Lipinski definition) is 2. The zero-order valence-electron chi connectivity index (χ0n) is 19.6. The SMILES string of the molecule is CCCC1CCC(c2ccc(-c3ccc(-c4ccc(OCC)cc4F)c(F)c3F)c(F)c2F)CO1. The summed E-state index contributed by atoms with van der Waals surface area (Å²) in [7, 11) is 0. The molecule has 1 aliphatic rings. The van der Waals surface area contributed by atoms with Crippen molar-refractivity contribution in [1.82, 2.24) is 0 Å². The van der Waals surface area contributed by atoms with Gasteiger partial charge in [-0.2, -0.15) is 0 Å². The quantitative estimate of drug-likeness (QED) is 0.311. The molecular formula is C28H27F5O2. The minimum Gasteiger partial charge on any atom is -0.494 e. The highest BCUT2D eigenvalue weighted by Crippen LogP contribution is 2.38. The van der Waals surface area contributed by atoms with Gasteiger partial charge in [0.2, 0.25) is 0 Å². The zero-order chi connectivity index (χ0) is 25.1. The van der Waals surface area contributed by atoms with Crippen LogP contribution in [-0.2, 0) is 4.74 Å². The normalized spacial score (nSPS) is 18.0. The van der Waals surface area contributed by atoms with E-state index in [0.717, 1.165) is 37.5 Å². The highest BCUT2D eigenvalue weighted by atomic mass is 19.2. The molecule has 4 rings (SSSR count). The first-order valence-corrected chi connectivity index (χ1v) is 11.9. The van der Waals surface area contributed by atoms with Crippen LogP contribution in [0.25, 0.3) is 22.3 Å². The molecule has 0 spiro atoms. The van der Waals surface area contributed by atoms with Crippen LogP contribution in [0.1, 0.15) is 51.0 Å². The maximum Gasteiger partial charge on any atom is 0.167 e. The molecule has 0 bridgehead atoms. The summed E-state index contributed by atoms with van der Waals surface area (Å²) in [4.78, 5) is 0. The molecule has 0 aliphatic carbocycles. The Balaban J connectivity index is 1.64. The maximum absolute atomic E-state index is 15.0. The van der Waals surface area contributed by atoms with Gasteiger partial charge >= 0.3 is 0 Å². The van der Waals surface area contributed by atoms with Crippen LogP contribution in [0.15, 0.2) is 42.5 Å². The van der Waals surface area contributed by atoms with Gasteiger partial charge in [-0.3, -0.25) is 0 Å². The van der Waals surface area contributed by atoms with Gasteiger partial charge in [0.25, 0.3) is 0 Å². The van der Waals surface area contributed by atoms with Crippen molar-refractivity contribution in [1.29, 1.82) is 0 Å². The average molecular weight is 491 g/mol. The highest BCUT2D eigenvalue weighted by Gasteiger charge is 2.28.